The van der Waals surface area contributed by atoms with Gasteiger partial charge in [-0.05, 0) is 19.3 Å². The molecule has 0 radical (unpaired) electrons. The van der Waals surface area contributed by atoms with Crippen LogP contribution in [-0.2, 0) is 11.8 Å². The van der Waals surface area contributed by atoms with Crippen LogP contribution in [0.2, 0.25) is 0 Å². The lowest BCUT2D eigenvalue weighted by Gasteiger charge is -2.27. The summed E-state index contributed by atoms with van der Waals surface area (Å²) in [5.41, 5.74) is 1.06. The third-order valence-electron chi connectivity index (χ3n) is 2.73. The minimum absolute atomic E-state index is 0.0534. The molecular weight excluding hydrogens is 198 g/mol. The summed E-state index contributed by atoms with van der Waals surface area (Å²) in [6, 6.07) is 0. The maximum atomic E-state index is 10.8. The van der Waals surface area contributed by atoms with Gasteiger partial charge in [0.1, 0.15) is 0 Å². The quantitative estimate of drug-likeness (QED) is 0.776. The Balaban J connectivity index is 2.49. The van der Waals surface area contributed by atoms with E-state index >= 15 is 0 Å². The number of carboxylic acids is 1. The van der Waals surface area contributed by atoms with E-state index in [1.165, 1.54) is 16.2 Å². The van der Waals surface area contributed by atoms with Gasteiger partial charge in [-0.1, -0.05) is 13.8 Å². The van der Waals surface area contributed by atoms with Crippen molar-refractivity contribution in [2.45, 2.75) is 38.5 Å². The van der Waals surface area contributed by atoms with Crippen LogP contribution in [-0.4, -0.2) is 16.1 Å². The summed E-state index contributed by atoms with van der Waals surface area (Å²) >= 11 is 1.34. The van der Waals surface area contributed by atoms with Crippen molar-refractivity contribution in [1.29, 1.82) is 0 Å². The van der Waals surface area contributed by atoms with Crippen LogP contribution in [0.1, 0.15) is 47.1 Å². The van der Waals surface area contributed by atoms with E-state index in [0.717, 1.165) is 25.0 Å². The van der Waals surface area contributed by atoms with E-state index in [2.05, 4.69) is 18.8 Å². The SMILES string of the molecule is CC1(C)CCCc2sc(C(=O)O)nc21. The summed E-state index contributed by atoms with van der Waals surface area (Å²) in [7, 11) is 0. The minimum Gasteiger partial charge on any atom is -0.476 e. The fourth-order valence-electron chi connectivity index (χ4n) is 1.95. The molecule has 0 aliphatic heterocycles. The predicted molar refractivity (Wildman–Crippen MR) is 55.0 cm³/mol. The summed E-state index contributed by atoms with van der Waals surface area (Å²) in [5, 5.41) is 9.09. The van der Waals surface area contributed by atoms with Crippen molar-refractivity contribution in [1.82, 2.24) is 4.98 Å². The van der Waals surface area contributed by atoms with E-state index in [1.807, 2.05) is 0 Å². The van der Waals surface area contributed by atoms with E-state index < -0.39 is 5.97 Å². The van der Waals surface area contributed by atoms with E-state index in [-0.39, 0.29) is 10.4 Å². The van der Waals surface area contributed by atoms with Crippen molar-refractivity contribution in [3.63, 3.8) is 0 Å². The summed E-state index contributed by atoms with van der Waals surface area (Å²) in [6.45, 7) is 4.27. The van der Waals surface area contributed by atoms with Crippen LogP contribution in [0.5, 0.6) is 0 Å². The van der Waals surface area contributed by atoms with Crippen molar-refractivity contribution in [3.8, 4) is 0 Å². The highest BCUT2D eigenvalue weighted by molar-refractivity contribution is 7.13. The van der Waals surface area contributed by atoms with Gasteiger partial charge in [0.05, 0.1) is 5.69 Å². The molecule has 1 aromatic heterocycles. The maximum Gasteiger partial charge on any atom is 0.365 e. The number of carbonyl (C=O) groups is 1. The highest BCUT2D eigenvalue weighted by Crippen LogP contribution is 2.38. The third-order valence-corrected chi connectivity index (χ3v) is 3.83. The van der Waals surface area contributed by atoms with Crippen LogP contribution in [0, 0.1) is 0 Å². The number of rotatable bonds is 1. The molecule has 0 atom stereocenters. The molecule has 2 rings (SSSR count). The second-order valence-electron chi connectivity index (χ2n) is 4.33. The number of carboxylic acid groups (broad SMARTS) is 1. The Hall–Kier alpha value is -0.900. The molecule has 1 aliphatic carbocycles. The lowest BCUT2D eigenvalue weighted by atomic mass is 9.79. The lowest BCUT2D eigenvalue weighted by molar-refractivity contribution is 0.0696. The summed E-state index contributed by atoms with van der Waals surface area (Å²) in [4.78, 5) is 16.2. The molecule has 14 heavy (non-hydrogen) atoms. The first-order chi connectivity index (χ1) is 6.50. The first kappa shape index (κ1) is 9.65. The fourth-order valence-corrected chi connectivity index (χ4v) is 3.07. The van der Waals surface area contributed by atoms with Crippen LogP contribution >= 0.6 is 11.3 Å². The van der Waals surface area contributed by atoms with E-state index in [4.69, 9.17) is 5.11 Å². The van der Waals surface area contributed by atoms with Gasteiger partial charge in [0, 0.05) is 10.3 Å². The molecule has 0 unspecified atom stereocenters. The van der Waals surface area contributed by atoms with Gasteiger partial charge in [-0.25, -0.2) is 9.78 Å². The Bertz CT molecular complexity index is 381. The Morgan fingerprint density at radius 3 is 2.86 bits per heavy atom. The smallest absolute Gasteiger partial charge is 0.365 e. The van der Waals surface area contributed by atoms with E-state index in [9.17, 15) is 4.79 Å². The fraction of sp³-hybridized carbons (Fsp3) is 0.600. The van der Waals surface area contributed by atoms with Crippen molar-refractivity contribution >= 4 is 17.3 Å². The first-order valence-corrected chi connectivity index (χ1v) is 5.56. The number of aryl methyl sites for hydroxylation is 1. The van der Waals surface area contributed by atoms with Crippen molar-refractivity contribution in [2.75, 3.05) is 0 Å². The second kappa shape index (κ2) is 3.05. The number of nitrogens with zero attached hydrogens (tertiary/aromatic N) is 1. The Kier molecular flexibility index (Phi) is 2.10. The molecule has 76 valence electrons. The number of fused-ring (bicyclic) bond motifs is 1. The Labute approximate surface area is 86.8 Å². The van der Waals surface area contributed by atoms with Crippen molar-refractivity contribution in [2.24, 2.45) is 0 Å². The maximum absolute atomic E-state index is 10.8. The lowest BCUT2D eigenvalue weighted by Crippen LogP contribution is -2.23. The summed E-state index contributed by atoms with van der Waals surface area (Å²) in [5.74, 6) is -0.903. The van der Waals surface area contributed by atoms with Crippen LogP contribution in [0.15, 0.2) is 0 Å². The average molecular weight is 211 g/mol. The Morgan fingerprint density at radius 1 is 1.57 bits per heavy atom. The third kappa shape index (κ3) is 1.43. The second-order valence-corrected chi connectivity index (χ2v) is 5.42. The van der Waals surface area contributed by atoms with E-state index in [0.29, 0.717) is 0 Å². The van der Waals surface area contributed by atoms with Crippen LogP contribution in [0.4, 0.5) is 0 Å². The summed E-state index contributed by atoms with van der Waals surface area (Å²) in [6.07, 6.45) is 3.23. The van der Waals surface area contributed by atoms with Crippen LogP contribution in [0.25, 0.3) is 0 Å². The van der Waals surface area contributed by atoms with Crippen LogP contribution in [0.3, 0.4) is 0 Å². The molecule has 0 spiro atoms. The van der Waals surface area contributed by atoms with Gasteiger partial charge in [-0.3, -0.25) is 0 Å². The van der Waals surface area contributed by atoms with Gasteiger partial charge >= 0.3 is 5.97 Å². The van der Waals surface area contributed by atoms with Crippen molar-refractivity contribution < 1.29 is 9.90 Å². The van der Waals surface area contributed by atoms with Gasteiger partial charge in [0.15, 0.2) is 0 Å². The number of hydrogen-bond acceptors (Lipinski definition) is 3. The zero-order valence-electron chi connectivity index (χ0n) is 8.33. The molecule has 0 amide bonds. The molecule has 1 N–H and O–H groups in total. The highest BCUT2D eigenvalue weighted by Gasteiger charge is 2.32. The number of thiazole rings is 1. The predicted octanol–water partition coefficient (Wildman–Crippen LogP) is 2.46. The van der Waals surface area contributed by atoms with Gasteiger partial charge in [-0.2, -0.15) is 0 Å². The van der Waals surface area contributed by atoms with Crippen LogP contribution < -0.4 is 0 Å². The molecule has 0 saturated carbocycles. The highest BCUT2D eigenvalue weighted by atomic mass is 32.1. The minimum atomic E-state index is -0.903. The molecule has 0 fully saturated rings. The van der Waals surface area contributed by atoms with Gasteiger partial charge in [0.2, 0.25) is 5.01 Å². The number of aromatic carboxylic acids is 1. The molecule has 0 bridgehead atoms. The average Bonchev–Trinajstić information content (AvgIpc) is 2.48. The zero-order valence-corrected chi connectivity index (χ0v) is 9.15. The normalized spacial score (nSPS) is 19.0. The van der Waals surface area contributed by atoms with Gasteiger partial charge in [0.25, 0.3) is 0 Å². The zero-order chi connectivity index (χ0) is 10.3. The molecule has 4 heteroatoms. The largest absolute Gasteiger partial charge is 0.476 e. The van der Waals surface area contributed by atoms with Gasteiger partial charge in [-0.15, -0.1) is 11.3 Å². The number of aromatic nitrogens is 1. The number of hydrogen-bond donors (Lipinski definition) is 1. The molecule has 0 saturated heterocycles. The molecule has 3 nitrogen and oxygen atoms in total. The molecular formula is C10H13NO2S. The summed E-state index contributed by atoms with van der Waals surface area (Å²) < 4.78 is 0. The molecule has 0 aromatic carbocycles. The molecule has 1 aromatic rings. The van der Waals surface area contributed by atoms with Gasteiger partial charge < -0.3 is 5.11 Å². The monoisotopic (exact) mass is 211 g/mol. The van der Waals surface area contributed by atoms with Crippen molar-refractivity contribution in [3.05, 3.63) is 15.6 Å². The topological polar surface area (TPSA) is 50.2 Å². The Morgan fingerprint density at radius 2 is 2.29 bits per heavy atom. The first-order valence-electron chi connectivity index (χ1n) is 4.74. The standard InChI is InChI=1S/C10H13NO2S/c1-10(2)5-3-4-6-7(10)11-8(14-6)9(12)13/h3-5H2,1-2H3,(H,12,13). The molecule has 1 heterocycles. The van der Waals surface area contributed by atoms with E-state index in [1.54, 1.807) is 0 Å². The molecule has 1 aliphatic rings.